The fourth-order valence-corrected chi connectivity index (χ4v) is 2.97. The molecule has 7 nitrogen and oxygen atoms in total. The van der Waals surface area contributed by atoms with E-state index in [1.54, 1.807) is 12.1 Å². The quantitative estimate of drug-likeness (QED) is 0.375. The van der Waals surface area contributed by atoms with Crippen LogP contribution in [0.1, 0.15) is 0 Å². The first-order valence-corrected chi connectivity index (χ1v) is 9.50. The lowest BCUT2D eigenvalue weighted by atomic mass is 10.1. The van der Waals surface area contributed by atoms with E-state index >= 15 is 0 Å². The maximum Gasteiger partial charge on any atom is 0.573 e. The van der Waals surface area contributed by atoms with E-state index in [1.165, 1.54) is 18.2 Å². The topological polar surface area (TPSA) is 96.4 Å². The SMILES string of the molecule is O=C(O)CNc1nc(Nc2ccccc2I)cc(-c2cccc(OC(F)(F)F)c2)n1. The molecule has 2 aromatic carbocycles. The van der Waals surface area contributed by atoms with Crippen molar-refractivity contribution in [1.29, 1.82) is 0 Å². The van der Waals surface area contributed by atoms with Gasteiger partial charge in [0.25, 0.3) is 0 Å². The van der Waals surface area contributed by atoms with E-state index < -0.39 is 24.6 Å². The molecule has 11 heteroatoms. The number of benzene rings is 2. The first-order valence-electron chi connectivity index (χ1n) is 8.42. The number of aromatic nitrogens is 2. The number of alkyl halides is 3. The highest BCUT2D eigenvalue weighted by Gasteiger charge is 2.31. The number of nitrogens with one attached hydrogen (secondary N) is 2. The third kappa shape index (κ3) is 6.20. The second-order valence-corrected chi connectivity index (χ2v) is 7.05. The number of hydrogen-bond donors (Lipinski definition) is 3. The molecule has 156 valence electrons. The summed E-state index contributed by atoms with van der Waals surface area (Å²) in [5, 5.41) is 14.6. The summed E-state index contributed by atoms with van der Waals surface area (Å²) in [6, 6.07) is 14.3. The van der Waals surface area contributed by atoms with Crippen LogP contribution in [0.2, 0.25) is 0 Å². The third-order valence-corrected chi connectivity index (χ3v) is 4.56. The summed E-state index contributed by atoms with van der Waals surface area (Å²) in [5.74, 6) is -1.17. The lowest BCUT2D eigenvalue weighted by Gasteiger charge is -2.13. The zero-order chi connectivity index (χ0) is 21.7. The van der Waals surface area contributed by atoms with Crippen LogP contribution in [0.4, 0.5) is 30.6 Å². The molecule has 3 aromatic rings. The number of nitrogens with zero attached hydrogens (tertiary/aromatic N) is 2. The molecule has 0 aliphatic rings. The van der Waals surface area contributed by atoms with Gasteiger partial charge in [0.1, 0.15) is 18.1 Å². The largest absolute Gasteiger partial charge is 0.573 e. The number of halogens is 4. The maximum absolute atomic E-state index is 12.5. The summed E-state index contributed by atoms with van der Waals surface area (Å²) >= 11 is 2.14. The van der Waals surface area contributed by atoms with Crippen molar-refractivity contribution in [2.24, 2.45) is 0 Å². The number of carboxylic acid groups (broad SMARTS) is 1. The molecule has 3 N–H and O–H groups in total. The Hall–Kier alpha value is -3.09. The van der Waals surface area contributed by atoms with Crippen LogP contribution in [0.5, 0.6) is 5.75 Å². The lowest BCUT2D eigenvalue weighted by Crippen LogP contribution is -2.17. The summed E-state index contributed by atoms with van der Waals surface area (Å²) < 4.78 is 42.5. The highest BCUT2D eigenvalue weighted by molar-refractivity contribution is 14.1. The molecule has 0 amide bonds. The van der Waals surface area contributed by atoms with Crippen LogP contribution < -0.4 is 15.4 Å². The zero-order valence-electron chi connectivity index (χ0n) is 15.1. The Kier molecular flexibility index (Phi) is 6.59. The Labute approximate surface area is 182 Å². The second kappa shape index (κ2) is 9.15. The molecule has 0 radical (unpaired) electrons. The van der Waals surface area contributed by atoms with Crippen LogP contribution in [0, 0.1) is 3.57 Å². The predicted octanol–water partition coefficient (Wildman–Crippen LogP) is 4.89. The molecule has 0 bridgehead atoms. The van der Waals surface area contributed by atoms with Crippen LogP contribution >= 0.6 is 22.6 Å². The first-order chi connectivity index (χ1) is 14.2. The average Bonchev–Trinajstić information content (AvgIpc) is 2.67. The number of hydrogen-bond acceptors (Lipinski definition) is 6. The molecule has 0 atom stereocenters. The van der Waals surface area contributed by atoms with E-state index in [1.807, 2.05) is 24.3 Å². The van der Waals surface area contributed by atoms with Crippen molar-refractivity contribution in [2.75, 3.05) is 17.2 Å². The van der Waals surface area contributed by atoms with Crippen LogP contribution in [-0.2, 0) is 4.79 Å². The lowest BCUT2D eigenvalue weighted by molar-refractivity contribution is -0.274. The van der Waals surface area contributed by atoms with Gasteiger partial charge in [-0.2, -0.15) is 4.98 Å². The highest BCUT2D eigenvalue weighted by atomic mass is 127. The van der Waals surface area contributed by atoms with Gasteiger partial charge in [-0.05, 0) is 46.9 Å². The number of aliphatic carboxylic acids is 1. The molecule has 0 saturated heterocycles. The van der Waals surface area contributed by atoms with Gasteiger partial charge in [-0.25, -0.2) is 4.98 Å². The van der Waals surface area contributed by atoms with Gasteiger partial charge in [0, 0.05) is 15.2 Å². The Morgan fingerprint density at radius 3 is 2.57 bits per heavy atom. The summed E-state index contributed by atoms with van der Waals surface area (Å²) in [6.07, 6.45) is -4.82. The Morgan fingerprint density at radius 2 is 1.87 bits per heavy atom. The van der Waals surface area contributed by atoms with E-state index in [0.29, 0.717) is 11.4 Å². The van der Waals surface area contributed by atoms with Crippen molar-refractivity contribution < 1.29 is 27.8 Å². The van der Waals surface area contributed by atoms with Gasteiger partial charge in [0.05, 0.1) is 11.4 Å². The molecular weight excluding hydrogens is 516 g/mol. The summed E-state index contributed by atoms with van der Waals surface area (Å²) in [6.45, 7) is -0.428. The van der Waals surface area contributed by atoms with Crippen molar-refractivity contribution in [1.82, 2.24) is 9.97 Å². The number of anilines is 3. The molecule has 1 aromatic heterocycles. The maximum atomic E-state index is 12.5. The molecule has 0 unspecified atom stereocenters. The molecule has 0 aliphatic carbocycles. The van der Waals surface area contributed by atoms with E-state index in [4.69, 9.17) is 5.11 Å². The van der Waals surface area contributed by atoms with Gasteiger partial charge in [-0.1, -0.05) is 24.3 Å². The zero-order valence-corrected chi connectivity index (χ0v) is 17.2. The second-order valence-electron chi connectivity index (χ2n) is 5.89. The summed E-state index contributed by atoms with van der Waals surface area (Å²) in [4.78, 5) is 19.3. The third-order valence-electron chi connectivity index (χ3n) is 3.62. The van der Waals surface area contributed by atoms with Gasteiger partial charge < -0.3 is 20.5 Å². The Bertz CT molecular complexity index is 1060. The van der Waals surface area contributed by atoms with E-state index in [0.717, 1.165) is 9.26 Å². The molecule has 1 heterocycles. The van der Waals surface area contributed by atoms with Crippen LogP contribution in [0.25, 0.3) is 11.3 Å². The Balaban J connectivity index is 1.98. The summed E-state index contributed by atoms with van der Waals surface area (Å²) in [5.41, 5.74) is 1.36. The van der Waals surface area contributed by atoms with Gasteiger partial charge in [-0.3, -0.25) is 4.79 Å². The number of carboxylic acids is 1. The van der Waals surface area contributed by atoms with E-state index in [-0.39, 0.29) is 11.6 Å². The number of para-hydroxylation sites is 1. The number of carbonyl (C=O) groups is 1. The van der Waals surface area contributed by atoms with Crippen molar-refractivity contribution in [3.05, 3.63) is 58.2 Å². The minimum Gasteiger partial charge on any atom is -0.480 e. The predicted molar refractivity (Wildman–Crippen MR) is 113 cm³/mol. The van der Waals surface area contributed by atoms with Crippen molar-refractivity contribution in [3.63, 3.8) is 0 Å². The van der Waals surface area contributed by atoms with E-state index in [9.17, 15) is 18.0 Å². The molecule has 3 rings (SSSR count). The minimum absolute atomic E-state index is 0.00508. The van der Waals surface area contributed by atoms with Gasteiger partial charge in [0.2, 0.25) is 5.95 Å². The molecule has 0 spiro atoms. The fraction of sp³-hybridized carbons (Fsp3) is 0.105. The van der Waals surface area contributed by atoms with Crippen LogP contribution in [0.15, 0.2) is 54.6 Å². The smallest absolute Gasteiger partial charge is 0.480 e. The van der Waals surface area contributed by atoms with Gasteiger partial charge in [-0.15, -0.1) is 13.2 Å². The van der Waals surface area contributed by atoms with Crippen molar-refractivity contribution in [2.45, 2.75) is 6.36 Å². The number of ether oxygens (including phenoxy) is 1. The van der Waals surface area contributed by atoms with E-state index in [2.05, 4.69) is 47.9 Å². The van der Waals surface area contributed by atoms with Gasteiger partial charge in [0.15, 0.2) is 0 Å². The summed E-state index contributed by atoms with van der Waals surface area (Å²) in [7, 11) is 0. The molecular formula is C19H14F3IN4O3. The van der Waals surface area contributed by atoms with Gasteiger partial charge >= 0.3 is 12.3 Å². The number of rotatable bonds is 7. The van der Waals surface area contributed by atoms with Crippen LogP contribution in [0.3, 0.4) is 0 Å². The molecule has 0 fully saturated rings. The Morgan fingerprint density at radius 1 is 1.10 bits per heavy atom. The van der Waals surface area contributed by atoms with Crippen molar-refractivity contribution in [3.8, 4) is 17.0 Å². The molecule has 0 aliphatic heterocycles. The highest BCUT2D eigenvalue weighted by Crippen LogP contribution is 2.30. The monoisotopic (exact) mass is 530 g/mol. The fourth-order valence-electron chi connectivity index (χ4n) is 2.45. The minimum atomic E-state index is -4.82. The molecule has 0 saturated carbocycles. The van der Waals surface area contributed by atoms with Crippen LogP contribution in [-0.4, -0.2) is 34.0 Å². The normalized spacial score (nSPS) is 11.1. The average molecular weight is 530 g/mol. The van der Waals surface area contributed by atoms with Crippen molar-refractivity contribution >= 4 is 46.0 Å². The first kappa shape index (κ1) is 21.6. The standard InChI is InChI=1S/C19H14F3IN4O3/c20-19(21,22)30-12-5-3-4-11(8-12)15-9-16(25-14-7-2-1-6-13(14)23)27-18(26-15)24-10-17(28)29/h1-9H,10H2,(H,28,29)(H2,24,25,26,27). The molecule has 30 heavy (non-hydrogen) atoms.